The van der Waals surface area contributed by atoms with Crippen LogP contribution in [0.4, 0.5) is 0 Å². The summed E-state index contributed by atoms with van der Waals surface area (Å²) in [7, 11) is -3.60. The number of aromatic amines is 1. The van der Waals surface area contributed by atoms with Gasteiger partial charge in [0.15, 0.2) is 0 Å². The Morgan fingerprint density at radius 2 is 2.26 bits per heavy atom. The maximum absolute atomic E-state index is 12.0. The fourth-order valence-corrected chi connectivity index (χ4v) is 3.26. The Morgan fingerprint density at radius 1 is 1.47 bits per heavy atom. The Bertz CT molecular complexity index is 745. The molecule has 0 fully saturated rings. The summed E-state index contributed by atoms with van der Waals surface area (Å²) < 4.78 is 31.9. The van der Waals surface area contributed by atoms with E-state index in [9.17, 15) is 13.2 Å². The number of hydrogen-bond donors (Lipinski definition) is 2. The molecule has 0 saturated heterocycles. The van der Waals surface area contributed by atoms with Gasteiger partial charge >= 0.3 is 4.87 Å². The summed E-state index contributed by atoms with van der Waals surface area (Å²) in [5.74, 6) is 0. The predicted molar refractivity (Wildman–Crippen MR) is 73.8 cm³/mol. The predicted octanol–water partition coefficient (Wildman–Crippen LogP) is 1.03. The van der Waals surface area contributed by atoms with Crippen LogP contribution in [-0.4, -0.2) is 26.6 Å². The second kappa shape index (κ2) is 5.55. The number of thiazole rings is 1. The highest BCUT2D eigenvalue weighted by Crippen LogP contribution is 2.18. The van der Waals surface area contributed by atoms with Crippen LogP contribution in [0.3, 0.4) is 0 Å². The van der Waals surface area contributed by atoms with Gasteiger partial charge in [0.1, 0.15) is 6.61 Å². The standard InChI is InChI=1S/C11H12N2O4S2/c1-2-17-6-5-12-19(15,16)8-3-4-10-9(7-8)13-11(14)18-10/h2-4,7,12H,1,5-6H2,(H,13,14). The first kappa shape index (κ1) is 13.8. The van der Waals surface area contributed by atoms with Crippen molar-refractivity contribution in [1.82, 2.24) is 9.71 Å². The van der Waals surface area contributed by atoms with Crippen LogP contribution >= 0.6 is 11.3 Å². The van der Waals surface area contributed by atoms with Crippen molar-refractivity contribution < 1.29 is 13.2 Å². The number of ether oxygens (including phenoxy) is 1. The monoisotopic (exact) mass is 300 g/mol. The number of fused-ring (bicyclic) bond motifs is 1. The molecule has 0 aliphatic rings. The summed E-state index contributed by atoms with van der Waals surface area (Å²) in [6.45, 7) is 3.71. The largest absolute Gasteiger partial charge is 0.500 e. The lowest BCUT2D eigenvalue weighted by Gasteiger charge is -2.06. The molecule has 19 heavy (non-hydrogen) atoms. The van der Waals surface area contributed by atoms with E-state index in [1.807, 2.05) is 0 Å². The second-order valence-corrected chi connectivity index (χ2v) is 6.39. The van der Waals surface area contributed by atoms with Gasteiger partial charge in [-0.25, -0.2) is 13.1 Å². The SMILES string of the molecule is C=COCCNS(=O)(=O)c1ccc2sc(=O)[nH]c2c1. The molecule has 0 bridgehead atoms. The van der Waals surface area contributed by atoms with Crippen LogP contribution in [0.15, 0.2) is 40.7 Å². The number of rotatable bonds is 6. The van der Waals surface area contributed by atoms with Gasteiger partial charge in [-0.2, -0.15) is 0 Å². The molecule has 0 spiro atoms. The topological polar surface area (TPSA) is 88.3 Å². The van der Waals surface area contributed by atoms with Gasteiger partial charge in [0, 0.05) is 6.54 Å². The third-order valence-electron chi connectivity index (χ3n) is 2.33. The molecule has 0 amide bonds. The molecule has 0 unspecified atom stereocenters. The van der Waals surface area contributed by atoms with E-state index >= 15 is 0 Å². The van der Waals surface area contributed by atoms with Gasteiger partial charge in [-0.3, -0.25) is 4.79 Å². The minimum atomic E-state index is -3.60. The van der Waals surface area contributed by atoms with Crippen LogP contribution < -0.4 is 9.60 Å². The van der Waals surface area contributed by atoms with E-state index in [4.69, 9.17) is 4.74 Å². The van der Waals surface area contributed by atoms with Gasteiger partial charge in [0.25, 0.3) is 0 Å². The fourth-order valence-electron chi connectivity index (χ4n) is 1.50. The van der Waals surface area contributed by atoms with Gasteiger partial charge in [0.05, 0.1) is 21.4 Å². The van der Waals surface area contributed by atoms with Crippen molar-refractivity contribution in [3.8, 4) is 0 Å². The molecule has 0 atom stereocenters. The van der Waals surface area contributed by atoms with Crippen molar-refractivity contribution >= 4 is 31.6 Å². The van der Waals surface area contributed by atoms with E-state index in [1.54, 1.807) is 6.07 Å². The number of H-pyrrole nitrogens is 1. The minimum Gasteiger partial charge on any atom is -0.500 e. The summed E-state index contributed by atoms with van der Waals surface area (Å²) in [5, 5.41) is 0. The summed E-state index contributed by atoms with van der Waals surface area (Å²) in [6.07, 6.45) is 1.25. The first-order valence-electron chi connectivity index (χ1n) is 5.38. The smallest absolute Gasteiger partial charge is 0.305 e. The zero-order valence-corrected chi connectivity index (χ0v) is 11.5. The molecule has 0 radical (unpaired) electrons. The number of aromatic nitrogens is 1. The van der Waals surface area contributed by atoms with Gasteiger partial charge in [-0.15, -0.1) is 0 Å². The summed E-state index contributed by atoms with van der Waals surface area (Å²) in [5.41, 5.74) is 0.514. The fraction of sp³-hybridized carbons (Fsp3) is 0.182. The zero-order valence-electron chi connectivity index (χ0n) is 9.88. The van der Waals surface area contributed by atoms with Crippen molar-refractivity contribution in [2.45, 2.75) is 4.90 Å². The third-order valence-corrected chi connectivity index (χ3v) is 4.65. The third kappa shape index (κ3) is 3.22. The maximum atomic E-state index is 12.0. The number of sulfonamides is 1. The average molecular weight is 300 g/mol. The van der Waals surface area contributed by atoms with Crippen LogP contribution in [0.5, 0.6) is 0 Å². The van der Waals surface area contributed by atoms with Crippen LogP contribution in [0.25, 0.3) is 10.2 Å². The summed E-state index contributed by atoms with van der Waals surface area (Å²) >= 11 is 1.04. The highest BCUT2D eigenvalue weighted by Gasteiger charge is 2.14. The highest BCUT2D eigenvalue weighted by molar-refractivity contribution is 7.89. The number of benzene rings is 1. The molecule has 0 aliphatic heterocycles. The maximum Gasteiger partial charge on any atom is 0.305 e. The van der Waals surface area contributed by atoms with Crippen molar-refractivity contribution in [2.75, 3.05) is 13.2 Å². The van der Waals surface area contributed by atoms with E-state index in [0.717, 1.165) is 16.0 Å². The molecule has 0 aliphatic carbocycles. The number of hydrogen-bond acceptors (Lipinski definition) is 5. The van der Waals surface area contributed by atoms with Gasteiger partial charge in [-0.1, -0.05) is 17.9 Å². The lowest BCUT2D eigenvalue weighted by atomic mass is 10.3. The van der Waals surface area contributed by atoms with Gasteiger partial charge in [-0.05, 0) is 18.2 Å². The number of nitrogens with one attached hydrogen (secondary N) is 2. The molecule has 2 aromatic rings. The Labute approximate surface area is 113 Å². The van der Waals surface area contributed by atoms with Crippen LogP contribution in [0, 0.1) is 0 Å². The summed E-state index contributed by atoms with van der Waals surface area (Å²) in [6, 6.07) is 4.50. The molecule has 102 valence electrons. The van der Waals surface area contributed by atoms with Gasteiger partial charge < -0.3 is 9.72 Å². The Morgan fingerprint density at radius 3 is 3.00 bits per heavy atom. The highest BCUT2D eigenvalue weighted by atomic mass is 32.2. The van der Waals surface area contributed by atoms with E-state index in [0.29, 0.717) is 5.52 Å². The first-order chi connectivity index (χ1) is 9.03. The Balaban J connectivity index is 2.22. The normalized spacial score (nSPS) is 11.6. The summed E-state index contributed by atoms with van der Waals surface area (Å²) in [4.78, 5) is 13.6. The van der Waals surface area contributed by atoms with Crippen molar-refractivity contribution in [1.29, 1.82) is 0 Å². The average Bonchev–Trinajstić information content (AvgIpc) is 2.73. The molecule has 1 aromatic heterocycles. The van der Waals surface area contributed by atoms with E-state index in [1.165, 1.54) is 18.4 Å². The van der Waals surface area contributed by atoms with Gasteiger partial charge in [0.2, 0.25) is 10.0 Å². The lowest BCUT2D eigenvalue weighted by Crippen LogP contribution is -2.27. The minimum absolute atomic E-state index is 0.104. The lowest BCUT2D eigenvalue weighted by molar-refractivity contribution is 0.256. The molecule has 8 heteroatoms. The molecule has 1 heterocycles. The molecule has 1 aromatic carbocycles. The van der Waals surface area contributed by atoms with E-state index in [2.05, 4.69) is 16.3 Å². The van der Waals surface area contributed by atoms with E-state index in [-0.39, 0.29) is 22.9 Å². The second-order valence-electron chi connectivity index (χ2n) is 3.61. The zero-order chi connectivity index (χ0) is 13.9. The van der Waals surface area contributed by atoms with Crippen LogP contribution in [-0.2, 0) is 14.8 Å². The molecule has 0 saturated carbocycles. The van der Waals surface area contributed by atoms with Crippen molar-refractivity contribution in [3.05, 3.63) is 40.7 Å². The quantitative estimate of drug-likeness (QED) is 0.616. The Hall–Kier alpha value is -1.64. The van der Waals surface area contributed by atoms with Crippen LogP contribution in [0.2, 0.25) is 0 Å². The Kier molecular flexibility index (Phi) is 4.03. The van der Waals surface area contributed by atoms with E-state index < -0.39 is 10.0 Å². The first-order valence-corrected chi connectivity index (χ1v) is 7.68. The van der Waals surface area contributed by atoms with Crippen LogP contribution in [0.1, 0.15) is 0 Å². The van der Waals surface area contributed by atoms with Crippen molar-refractivity contribution in [3.63, 3.8) is 0 Å². The van der Waals surface area contributed by atoms with Crippen molar-refractivity contribution in [2.24, 2.45) is 0 Å². The molecule has 6 nitrogen and oxygen atoms in total. The molecule has 2 N–H and O–H groups in total. The molecular formula is C11H12N2O4S2. The molecule has 2 rings (SSSR count). The molecular weight excluding hydrogens is 288 g/mol.